The highest BCUT2D eigenvalue weighted by Gasteiger charge is 2.31. The van der Waals surface area contributed by atoms with E-state index in [9.17, 15) is 4.79 Å². The molecular weight excluding hydrogens is 340 g/mol. The first kappa shape index (κ1) is 17.9. The average Bonchev–Trinajstić information content (AvgIpc) is 3.40. The lowest BCUT2D eigenvalue weighted by molar-refractivity contribution is 0.0708. The molecule has 27 heavy (non-hydrogen) atoms. The van der Waals surface area contributed by atoms with Gasteiger partial charge in [-0.1, -0.05) is 0 Å². The van der Waals surface area contributed by atoms with Gasteiger partial charge in [0.2, 0.25) is 0 Å². The molecule has 3 heterocycles. The van der Waals surface area contributed by atoms with Gasteiger partial charge in [-0.2, -0.15) is 0 Å². The Balaban J connectivity index is 1.35. The van der Waals surface area contributed by atoms with Crippen LogP contribution >= 0.6 is 0 Å². The summed E-state index contributed by atoms with van der Waals surface area (Å²) >= 11 is 0. The second-order valence-corrected chi connectivity index (χ2v) is 7.31. The number of ether oxygens (including phenoxy) is 1. The SMILES string of the molecule is O=C(c1ccc(OCc2cnccn2)cc1)N1CCCC1CN1CCCC1. The summed E-state index contributed by atoms with van der Waals surface area (Å²) in [6.07, 6.45) is 9.76. The number of carbonyl (C=O) groups excluding carboxylic acids is 1. The quantitative estimate of drug-likeness (QED) is 0.787. The molecule has 0 spiro atoms. The summed E-state index contributed by atoms with van der Waals surface area (Å²) in [5.74, 6) is 0.865. The number of nitrogens with zero attached hydrogens (tertiary/aromatic N) is 4. The predicted molar refractivity (Wildman–Crippen MR) is 103 cm³/mol. The van der Waals surface area contributed by atoms with Crippen LogP contribution in [0.25, 0.3) is 0 Å². The third-order valence-electron chi connectivity index (χ3n) is 5.41. The molecule has 4 rings (SSSR count). The number of carbonyl (C=O) groups is 1. The van der Waals surface area contributed by atoms with E-state index in [-0.39, 0.29) is 5.91 Å². The number of likely N-dealkylation sites (tertiary alicyclic amines) is 2. The van der Waals surface area contributed by atoms with Gasteiger partial charge in [0, 0.05) is 37.1 Å². The standard InChI is InChI=1S/C21H26N4O2/c26-21(25-13-3-4-19(25)15-24-11-1-2-12-24)17-5-7-20(8-6-17)27-16-18-14-22-9-10-23-18/h5-10,14,19H,1-4,11-13,15-16H2. The highest BCUT2D eigenvalue weighted by Crippen LogP contribution is 2.23. The van der Waals surface area contributed by atoms with Crippen LogP contribution in [0.3, 0.4) is 0 Å². The Morgan fingerprint density at radius 2 is 1.89 bits per heavy atom. The van der Waals surface area contributed by atoms with Gasteiger partial charge in [-0.3, -0.25) is 14.8 Å². The molecule has 2 fully saturated rings. The lowest BCUT2D eigenvalue weighted by atomic mass is 10.1. The molecule has 0 radical (unpaired) electrons. The lowest BCUT2D eigenvalue weighted by Gasteiger charge is -2.28. The molecule has 0 saturated carbocycles. The molecule has 2 aliphatic heterocycles. The molecule has 1 unspecified atom stereocenters. The van der Waals surface area contributed by atoms with Crippen LogP contribution < -0.4 is 4.74 Å². The third kappa shape index (κ3) is 4.45. The van der Waals surface area contributed by atoms with Gasteiger partial charge in [-0.25, -0.2) is 0 Å². The van der Waals surface area contributed by atoms with Gasteiger partial charge >= 0.3 is 0 Å². The molecule has 142 valence electrons. The molecule has 2 saturated heterocycles. The normalized spacial score (nSPS) is 20.1. The van der Waals surface area contributed by atoms with Gasteiger partial charge in [-0.05, 0) is 63.0 Å². The van der Waals surface area contributed by atoms with Crippen molar-refractivity contribution >= 4 is 5.91 Å². The van der Waals surface area contributed by atoms with Gasteiger partial charge in [0.05, 0.1) is 11.9 Å². The number of aromatic nitrogens is 2. The van der Waals surface area contributed by atoms with E-state index in [0.717, 1.165) is 42.9 Å². The van der Waals surface area contributed by atoms with E-state index in [2.05, 4.69) is 19.8 Å². The van der Waals surface area contributed by atoms with Gasteiger partial charge in [0.25, 0.3) is 5.91 Å². The van der Waals surface area contributed by atoms with Crippen LogP contribution in [0.15, 0.2) is 42.9 Å². The molecule has 0 aliphatic carbocycles. The molecule has 2 aromatic rings. The maximum Gasteiger partial charge on any atom is 0.254 e. The number of benzene rings is 1. The number of rotatable bonds is 6. The van der Waals surface area contributed by atoms with E-state index in [1.54, 1.807) is 18.6 Å². The van der Waals surface area contributed by atoms with Gasteiger partial charge < -0.3 is 14.5 Å². The Hall–Kier alpha value is -2.47. The molecule has 0 bridgehead atoms. The predicted octanol–water partition coefficient (Wildman–Crippen LogP) is 2.76. The van der Waals surface area contributed by atoms with Gasteiger partial charge in [0.15, 0.2) is 0 Å². The molecule has 1 aromatic heterocycles. The first-order valence-corrected chi connectivity index (χ1v) is 9.81. The highest BCUT2D eigenvalue weighted by molar-refractivity contribution is 5.94. The van der Waals surface area contributed by atoms with Crippen LogP contribution in [0.2, 0.25) is 0 Å². The monoisotopic (exact) mass is 366 g/mol. The summed E-state index contributed by atoms with van der Waals surface area (Å²) < 4.78 is 5.73. The van der Waals surface area contributed by atoms with E-state index in [0.29, 0.717) is 12.6 Å². The minimum Gasteiger partial charge on any atom is -0.487 e. The van der Waals surface area contributed by atoms with Crippen molar-refractivity contribution in [2.24, 2.45) is 0 Å². The van der Waals surface area contributed by atoms with Crippen molar-refractivity contribution in [3.8, 4) is 5.75 Å². The van der Waals surface area contributed by atoms with Crippen molar-refractivity contribution in [3.63, 3.8) is 0 Å². The van der Waals surface area contributed by atoms with Crippen molar-refractivity contribution < 1.29 is 9.53 Å². The summed E-state index contributed by atoms with van der Waals surface area (Å²) in [6, 6.07) is 7.78. The Labute approximate surface area is 160 Å². The van der Waals surface area contributed by atoms with E-state index < -0.39 is 0 Å². The summed E-state index contributed by atoms with van der Waals surface area (Å²) in [6.45, 7) is 4.60. The molecule has 6 heteroatoms. The first-order chi connectivity index (χ1) is 13.3. The summed E-state index contributed by atoms with van der Waals surface area (Å²) in [5.41, 5.74) is 1.51. The zero-order valence-corrected chi connectivity index (χ0v) is 15.6. The summed E-state index contributed by atoms with van der Waals surface area (Å²) in [4.78, 5) is 25.7. The van der Waals surface area contributed by atoms with Gasteiger partial charge in [0.1, 0.15) is 12.4 Å². The van der Waals surface area contributed by atoms with Crippen LogP contribution in [-0.2, 0) is 6.61 Å². The molecular formula is C21H26N4O2. The fourth-order valence-corrected chi connectivity index (χ4v) is 3.98. The van der Waals surface area contributed by atoms with E-state index in [4.69, 9.17) is 4.74 Å². The van der Waals surface area contributed by atoms with E-state index >= 15 is 0 Å². The topological polar surface area (TPSA) is 58.6 Å². The zero-order chi connectivity index (χ0) is 18.5. The van der Waals surface area contributed by atoms with Gasteiger partial charge in [-0.15, -0.1) is 0 Å². The van der Waals surface area contributed by atoms with Crippen LogP contribution in [-0.4, -0.2) is 57.9 Å². The largest absolute Gasteiger partial charge is 0.487 e. The third-order valence-corrected chi connectivity index (χ3v) is 5.41. The lowest BCUT2D eigenvalue weighted by Crippen LogP contribution is -2.42. The number of hydrogen-bond donors (Lipinski definition) is 0. The van der Waals surface area contributed by atoms with Crippen molar-refractivity contribution in [1.29, 1.82) is 0 Å². The van der Waals surface area contributed by atoms with Crippen LogP contribution in [0, 0.1) is 0 Å². The second kappa shape index (κ2) is 8.48. The molecule has 1 aromatic carbocycles. The van der Waals surface area contributed by atoms with E-state index in [1.165, 1.54) is 25.9 Å². The molecule has 0 N–H and O–H groups in total. The van der Waals surface area contributed by atoms with Crippen molar-refractivity contribution in [1.82, 2.24) is 19.8 Å². The maximum absolute atomic E-state index is 13.0. The fraction of sp³-hybridized carbons (Fsp3) is 0.476. The van der Waals surface area contributed by atoms with Crippen LogP contribution in [0.1, 0.15) is 41.7 Å². The molecule has 6 nitrogen and oxygen atoms in total. The highest BCUT2D eigenvalue weighted by atomic mass is 16.5. The smallest absolute Gasteiger partial charge is 0.254 e. The number of hydrogen-bond acceptors (Lipinski definition) is 5. The fourth-order valence-electron chi connectivity index (χ4n) is 3.98. The van der Waals surface area contributed by atoms with Crippen LogP contribution in [0.5, 0.6) is 5.75 Å². The molecule has 2 aliphatic rings. The Morgan fingerprint density at radius 1 is 1.07 bits per heavy atom. The Bertz CT molecular complexity index is 745. The number of amides is 1. The first-order valence-electron chi connectivity index (χ1n) is 9.81. The van der Waals surface area contributed by atoms with Crippen LogP contribution in [0.4, 0.5) is 0 Å². The van der Waals surface area contributed by atoms with E-state index in [1.807, 2.05) is 24.3 Å². The summed E-state index contributed by atoms with van der Waals surface area (Å²) in [7, 11) is 0. The Morgan fingerprint density at radius 3 is 2.63 bits per heavy atom. The average molecular weight is 366 g/mol. The Kier molecular flexibility index (Phi) is 5.63. The van der Waals surface area contributed by atoms with Crippen molar-refractivity contribution in [2.75, 3.05) is 26.2 Å². The van der Waals surface area contributed by atoms with Crippen molar-refractivity contribution in [2.45, 2.75) is 38.3 Å². The molecule has 1 atom stereocenters. The minimum atomic E-state index is 0.136. The molecule has 1 amide bonds. The zero-order valence-electron chi connectivity index (χ0n) is 15.6. The van der Waals surface area contributed by atoms with Crippen molar-refractivity contribution in [3.05, 3.63) is 54.1 Å². The summed E-state index contributed by atoms with van der Waals surface area (Å²) in [5, 5.41) is 0. The maximum atomic E-state index is 13.0. The second-order valence-electron chi connectivity index (χ2n) is 7.31. The minimum absolute atomic E-state index is 0.136.